The van der Waals surface area contributed by atoms with Gasteiger partial charge in [-0.2, -0.15) is 0 Å². The molecule has 2 rings (SSSR count). The molecule has 3 atom stereocenters. The molecule has 1 aliphatic rings. The smallest absolute Gasteiger partial charge is 0.0409 e. The van der Waals surface area contributed by atoms with Crippen molar-refractivity contribution in [3.63, 3.8) is 0 Å². The fraction of sp³-hybridized carbons (Fsp3) is 0.571. The molecule has 0 radical (unpaired) electrons. The van der Waals surface area contributed by atoms with Gasteiger partial charge in [-0.1, -0.05) is 23.7 Å². The largest absolute Gasteiger partial charge is 0.311 e. The second-order valence-corrected chi connectivity index (χ2v) is 5.52. The van der Waals surface area contributed by atoms with Crippen LogP contribution in [0.1, 0.15) is 32.4 Å². The molecule has 1 saturated heterocycles. The molecule has 0 saturated carbocycles. The standard InChI is InChI=1S/C14H21ClN2/c1-10-9-17(11(2)8-16-10)12(3)13-5-4-6-14(15)7-13/h4-7,10-12,16H,8-9H2,1-3H3. The number of rotatable bonds is 2. The second-order valence-electron chi connectivity index (χ2n) is 5.09. The zero-order chi connectivity index (χ0) is 12.4. The summed E-state index contributed by atoms with van der Waals surface area (Å²) in [7, 11) is 0. The van der Waals surface area contributed by atoms with Crippen LogP contribution in [-0.4, -0.2) is 30.1 Å². The number of hydrogen-bond donors (Lipinski definition) is 1. The van der Waals surface area contributed by atoms with Crippen molar-refractivity contribution in [3.8, 4) is 0 Å². The highest BCUT2D eigenvalue weighted by molar-refractivity contribution is 6.30. The first-order valence-electron chi connectivity index (χ1n) is 6.32. The fourth-order valence-electron chi connectivity index (χ4n) is 2.55. The highest BCUT2D eigenvalue weighted by Gasteiger charge is 2.27. The van der Waals surface area contributed by atoms with Gasteiger partial charge in [-0.25, -0.2) is 0 Å². The van der Waals surface area contributed by atoms with Gasteiger partial charge in [0.15, 0.2) is 0 Å². The van der Waals surface area contributed by atoms with Crippen LogP contribution in [-0.2, 0) is 0 Å². The van der Waals surface area contributed by atoms with E-state index >= 15 is 0 Å². The summed E-state index contributed by atoms with van der Waals surface area (Å²) in [6.07, 6.45) is 0. The van der Waals surface area contributed by atoms with Crippen LogP contribution in [0.25, 0.3) is 0 Å². The summed E-state index contributed by atoms with van der Waals surface area (Å²) in [6.45, 7) is 8.94. The number of piperazine rings is 1. The summed E-state index contributed by atoms with van der Waals surface area (Å²) in [5, 5.41) is 4.34. The van der Waals surface area contributed by atoms with E-state index < -0.39 is 0 Å². The normalized spacial score (nSPS) is 28.0. The van der Waals surface area contributed by atoms with Crippen molar-refractivity contribution in [2.75, 3.05) is 13.1 Å². The summed E-state index contributed by atoms with van der Waals surface area (Å²) in [4.78, 5) is 2.55. The third-order valence-corrected chi connectivity index (χ3v) is 3.88. The van der Waals surface area contributed by atoms with Crippen LogP contribution in [0.3, 0.4) is 0 Å². The summed E-state index contributed by atoms with van der Waals surface area (Å²) < 4.78 is 0. The molecular weight excluding hydrogens is 232 g/mol. The van der Waals surface area contributed by atoms with Crippen LogP contribution >= 0.6 is 11.6 Å². The maximum atomic E-state index is 6.06. The van der Waals surface area contributed by atoms with Crippen molar-refractivity contribution < 1.29 is 0 Å². The van der Waals surface area contributed by atoms with Gasteiger partial charge in [-0.05, 0) is 38.5 Å². The third-order valence-electron chi connectivity index (χ3n) is 3.64. The Labute approximate surface area is 109 Å². The SMILES string of the molecule is CC1CN(C(C)c2cccc(Cl)c2)C(C)CN1. The summed E-state index contributed by atoms with van der Waals surface area (Å²) >= 11 is 6.06. The van der Waals surface area contributed by atoms with E-state index in [0.29, 0.717) is 18.1 Å². The molecule has 0 amide bonds. The van der Waals surface area contributed by atoms with Crippen molar-refractivity contribution in [2.24, 2.45) is 0 Å². The van der Waals surface area contributed by atoms with Crippen molar-refractivity contribution in [3.05, 3.63) is 34.9 Å². The van der Waals surface area contributed by atoms with Crippen LogP contribution in [0.4, 0.5) is 0 Å². The average Bonchev–Trinajstić information content (AvgIpc) is 2.31. The molecule has 0 spiro atoms. The quantitative estimate of drug-likeness (QED) is 0.870. The Bertz CT molecular complexity index is 380. The summed E-state index contributed by atoms with van der Waals surface area (Å²) in [6, 6.07) is 9.76. The molecule has 1 fully saturated rings. The van der Waals surface area contributed by atoms with E-state index in [1.807, 2.05) is 12.1 Å². The summed E-state index contributed by atoms with van der Waals surface area (Å²) in [5.74, 6) is 0. The van der Waals surface area contributed by atoms with Crippen molar-refractivity contribution in [1.82, 2.24) is 10.2 Å². The van der Waals surface area contributed by atoms with E-state index in [1.54, 1.807) is 0 Å². The zero-order valence-corrected chi connectivity index (χ0v) is 11.5. The number of halogens is 1. The number of hydrogen-bond acceptors (Lipinski definition) is 2. The van der Waals surface area contributed by atoms with Gasteiger partial charge in [-0.15, -0.1) is 0 Å². The van der Waals surface area contributed by atoms with E-state index in [0.717, 1.165) is 18.1 Å². The Kier molecular flexibility index (Phi) is 4.08. The van der Waals surface area contributed by atoms with Crippen molar-refractivity contribution >= 4 is 11.6 Å². The molecule has 1 heterocycles. The monoisotopic (exact) mass is 252 g/mol. The van der Waals surface area contributed by atoms with Crippen LogP contribution in [0.2, 0.25) is 5.02 Å². The number of nitrogens with zero attached hydrogens (tertiary/aromatic N) is 1. The van der Waals surface area contributed by atoms with E-state index in [-0.39, 0.29) is 0 Å². The van der Waals surface area contributed by atoms with Gasteiger partial charge in [0, 0.05) is 36.2 Å². The molecule has 1 aromatic rings. The lowest BCUT2D eigenvalue weighted by Gasteiger charge is -2.41. The molecule has 0 aliphatic carbocycles. The van der Waals surface area contributed by atoms with Gasteiger partial charge in [-0.3, -0.25) is 4.90 Å². The van der Waals surface area contributed by atoms with Gasteiger partial charge in [0.25, 0.3) is 0 Å². The van der Waals surface area contributed by atoms with E-state index in [4.69, 9.17) is 11.6 Å². The highest BCUT2D eigenvalue weighted by Crippen LogP contribution is 2.26. The Morgan fingerprint density at radius 3 is 2.88 bits per heavy atom. The van der Waals surface area contributed by atoms with Gasteiger partial charge in [0.05, 0.1) is 0 Å². The topological polar surface area (TPSA) is 15.3 Å². The number of nitrogens with one attached hydrogen (secondary N) is 1. The predicted molar refractivity (Wildman–Crippen MR) is 73.5 cm³/mol. The third kappa shape index (κ3) is 3.01. The van der Waals surface area contributed by atoms with Gasteiger partial charge < -0.3 is 5.32 Å². The molecule has 3 heteroatoms. The fourth-order valence-corrected chi connectivity index (χ4v) is 2.75. The maximum absolute atomic E-state index is 6.06. The minimum Gasteiger partial charge on any atom is -0.311 e. The Morgan fingerprint density at radius 1 is 1.41 bits per heavy atom. The molecule has 3 unspecified atom stereocenters. The van der Waals surface area contributed by atoms with Gasteiger partial charge >= 0.3 is 0 Å². The lowest BCUT2D eigenvalue weighted by molar-refractivity contribution is 0.103. The van der Waals surface area contributed by atoms with Crippen LogP contribution in [0.5, 0.6) is 0 Å². The first-order valence-corrected chi connectivity index (χ1v) is 6.70. The van der Waals surface area contributed by atoms with Crippen molar-refractivity contribution in [2.45, 2.75) is 38.9 Å². The summed E-state index contributed by atoms with van der Waals surface area (Å²) in [5.41, 5.74) is 1.30. The van der Waals surface area contributed by atoms with Crippen LogP contribution in [0.15, 0.2) is 24.3 Å². The zero-order valence-electron chi connectivity index (χ0n) is 10.8. The van der Waals surface area contributed by atoms with Crippen molar-refractivity contribution in [1.29, 1.82) is 0 Å². The average molecular weight is 253 g/mol. The minimum absolute atomic E-state index is 0.424. The minimum atomic E-state index is 0.424. The first-order chi connectivity index (χ1) is 8.08. The Hall–Kier alpha value is -0.570. The predicted octanol–water partition coefficient (Wildman–Crippen LogP) is 3.08. The Morgan fingerprint density at radius 2 is 2.18 bits per heavy atom. The maximum Gasteiger partial charge on any atom is 0.0409 e. The van der Waals surface area contributed by atoms with Gasteiger partial charge in [0.1, 0.15) is 0 Å². The number of benzene rings is 1. The lowest BCUT2D eigenvalue weighted by atomic mass is 10.0. The lowest BCUT2D eigenvalue weighted by Crippen LogP contribution is -2.54. The molecule has 0 bridgehead atoms. The molecule has 0 aromatic heterocycles. The van der Waals surface area contributed by atoms with Crippen LogP contribution < -0.4 is 5.32 Å². The molecule has 1 aliphatic heterocycles. The van der Waals surface area contributed by atoms with Gasteiger partial charge in [0.2, 0.25) is 0 Å². The van der Waals surface area contributed by atoms with E-state index in [9.17, 15) is 0 Å². The Balaban J connectivity index is 2.15. The molecule has 94 valence electrons. The van der Waals surface area contributed by atoms with Crippen LogP contribution in [0, 0.1) is 0 Å². The second kappa shape index (κ2) is 5.38. The first kappa shape index (κ1) is 12.9. The molecule has 1 aromatic carbocycles. The molecule has 2 nitrogen and oxygen atoms in total. The molecule has 1 N–H and O–H groups in total. The molecule has 17 heavy (non-hydrogen) atoms. The highest BCUT2D eigenvalue weighted by atomic mass is 35.5. The molecular formula is C14H21ClN2. The van der Waals surface area contributed by atoms with E-state index in [2.05, 4.69) is 43.1 Å². The van der Waals surface area contributed by atoms with E-state index in [1.165, 1.54) is 5.56 Å².